The molecule has 2 rings (SSSR count). The summed E-state index contributed by atoms with van der Waals surface area (Å²) in [7, 11) is -1.69. The maximum atomic E-state index is 12.1. The maximum Gasteiger partial charge on any atom is 0.243 e. The van der Waals surface area contributed by atoms with Crippen molar-refractivity contribution in [1.82, 2.24) is 14.5 Å². The lowest BCUT2D eigenvalue weighted by Crippen LogP contribution is -2.40. The summed E-state index contributed by atoms with van der Waals surface area (Å²) in [6.45, 7) is 2.11. The van der Waals surface area contributed by atoms with E-state index in [-0.39, 0.29) is 10.9 Å². The third-order valence-electron chi connectivity index (χ3n) is 3.41. The monoisotopic (exact) mass is 257 g/mol. The first kappa shape index (κ1) is 12.6. The van der Waals surface area contributed by atoms with Crippen LogP contribution in [0.15, 0.2) is 17.3 Å². The SMILES string of the molecule is C[C@@H]1CCCC[C@H]1NS(=O)(=O)c1cnn(C)c1. The number of aromatic nitrogens is 2. The molecule has 0 amide bonds. The van der Waals surface area contributed by atoms with E-state index in [0.29, 0.717) is 5.92 Å². The highest BCUT2D eigenvalue weighted by Crippen LogP contribution is 2.25. The highest BCUT2D eigenvalue weighted by Gasteiger charge is 2.27. The summed E-state index contributed by atoms with van der Waals surface area (Å²) in [4.78, 5) is 0.248. The Balaban J connectivity index is 2.11. The molecule has 6 heteroatoms. The van der Waals surface area contributed by atoms with Gasteiger partial charge >= 0.3 is 0 Å². The first-order chi connectivity index (χ1) is 7.99. The van der Waals surface area contributed by atoms with Crippen molar-refractivity contribution in [3.63, 3.8) is 0 Å². The van der Waals surface area contributed by atoms with Gasteiger partial charge in [0.25, 0.3) is 0 Å². The second-order valence-electron chi connectivity index (χ2n) is 4.84. The summed E-state index contributed by atoms with van der Waals surface area (Å²) < 4.78 is 28.5. The molecule has 0 aliphatic heterocycles. The van der Waals surface area contributed by atoms with Crippen molar-refractivity contribution in [2.45, 2.75) is 43.5 Å². The van der Waals surface area contributed by atoms with E-state index >= 15 is 0 Å². The molecule has 0 aromatic carbocycles. The van der Waals surface area contributed by atoms with Gasteiger partial charge in [0.1, 0.15) is 4.90 Å². The molecule has 1 aliphatic rings. The molecular formula is C11H19N3O2S. The largest absolute Gasteiger partial charge is 0.274 e. The zero-order valence-corrected chi connectivity index (χ0v) is 11.1. The van der Waals surface area contributed by atoms with Crippen molar-refractivity contribution >= 4 is 10.0 Å². The van der Waals surface area contributed by atoms with Gasteiger partial charge in [-0.3, -0.25) is 4.68 Å². The molecule has 0 unspecified atom stereocenters. The van der Waals surface area contributed by atoms with Crippen LogP contribution in [0.5, 0.6) is 0 Å². The third kappa shape index (κ3) is 2.87. The lowest BCUT2D eigenvalue weighted by atomic mass is 9.87. The fourth-order valence-corrected chi connectivity index (χ4v) is 3.66. The van der Waals surface area contributed by atoms with Gasteiger partial charge in [0.05, 0.1) is 6.20 Å². The Kier molecular flexibility index (Phi) is 3.53. The molecule has 96 valence electrons. The standard InChI is InChI=1S/C11H19N3O2S/c1-9-5-3-4-6-11(9)13-17(15,16)10-7-12-14(2)8-10/h7-9,11,13H,3-6H2,1-2H3/t9-,11-/m1/s1. The predicted molar refractivity (Wildman–Crippen MR) is 64.9 cm³/mol. The molecule has 1 N–H and O–H groups in total. The predicted octanol–water partition coefficient (Wildman–Crippen LogP) is 1.28. The number of nitrogens with zero attached hydrogens (tertiary/aromatic N) is 2. The van der Waals surface area contributed by atoms with Crippen molar-refractivity contribution in [3.8, 4) is 0 Å². The van der Waals surface area contributed by atoms with E-state index in [1.54, 1.807) is 7.05 Å². The van der Waals surface area contributed by atoms with Gasteiger partial charge < -0.3 is 0 Å². The van der Waals surface area contributed by atoms with Crippen molar-refractivity contribution in [2.24, 2.45) is 13.0 Å². The van der Waals surface area contributed by atoms with E-state index in [9.17, 15) is 8.42 Å². The van der Waals surface area contributed by atoms with Crippen molar-refractivity contribution in [1.29, 1.82) is 0 Å². The van der Waals surface area contributed by atoms with Crippen LogP contribution in [0.3, 0.4) is 0 Å². The maximum absolute atomic E-state index is 12.1. The van der Waals surface area contributed by atoms with Gasteiger partial charge in [-0.15, -0.1) is 0 Å². The van der Waals surface area contributed by atoms with Crippen molar-refractivity contribution in [2.75, 3.05) is 0 Å². The molecule has 0 spiro atoms. The van der Waals surface area contributed by atoms with E-state index in [4.69, 9.17) is 0 Å². The van der Waals surface area contributed by atoms with Crippen molar-refractivity contribution < 1.29 is 8.42 Å². The summed E-state index contributed by atoms with van der Waals surface area (Å²) in [5, 5.41) is 3.89. The van der Waals surface area contributed by atoms with Crippen LogP contribution in [-0.4, -0.2) is 24.2 Å². The topological polar surface area (TPSA) is 64.0 Å². The zero-order valence-electron chi connectivity index (χ0n) is 10.3. The van der Waals surface area contributed by atoms with E-state index in [1.807, 2.05) is 0 Å². The Morgan fingerprint density at radius 3 is 2.71 bits per heavy atom. The summed E-state index contributed by atoms with van der Waals surface area (Å²) in [5.74, 6) is 0.412. The summed E-state index contributed by atoms with van der Waals surface area (Å²) in [5.41, 5.74) is 0. The number of rotatable bonds is 3. The molecule has 1 heterocycles. The molecule has 1 aromatic rings. The second kappa shape index (κ2) is 4.78. The first-order valence-electron chi connectivity index (χ1n) is 6.00. The lowest BCUT2D eigenvalue weighted by Gasteiger charge is -2.28. The number of sulfonamides is 1. The third-order valence-corrected chi connectivity index (χ3v) is 4.85. The fraction of sp³-hybridized carbons (Fsp3) is 0.727. The van der Waals surface area contributed by atoms with Gasteiger partial charge in [0, 0.05) is 19.3 Å². The number of nitrogens with one attached hydrogen (secondary N) is 1. The molecule has 1 saturated carbocycles. The van der Waals surface area contributed by atoms with Crippen LogP contribution in [0.4, 0.5) is 0 Å². The van der Waals surface area contributed by atoms with E-state index in [1.165, 1.54) is 23.5 Å². The summed E-state index contributed by atoms with van der Waals surface area (Å²) in [6.07, 6.45) is 7.24. The Morgan fingerprint density at radius 2 is 2.12 bits per heavy atom. The molecule has 1 aliphatic carbocycles. The van der Waals surface area contributed by atoms with Gasteiger partial charge in [-0.2, -0.15) is 5.10 Å². The van der Waals surface area contributed by atoms with Gasteiger partial charge in [-0.1, -0.05) is 19.8 Å². The Hall–Kier alpha value is -0.880. The minimum absolute atomic E-state index is 0.0638. The molecule has 0 bridgehead atoms. The van der Waals surface area contributed by atoms with Crippen LogP contribution in [0, 0.1) is 5.92 Å². The summed E-state index contributed by atoms with van der Waals surface area (Å²) in [6, 6.07) is 0.0638. The van der Waals surface area contributed by atoms with Gasteiger partial charge in [0.2, 0.25) is 10.0 Å². The van der Waals surface area contributed by atoms with Crippen LogP contribution in [0.1, 0.15) is 32.6 Å². The number of hydrogen-bond donors (Lipinski definition) is 1. The minimum atomic E-state index is -3.41. The molecule has 0 radical (unpaired) electrons. The fourth-order valence-electron chi connectivity index (χ4n) is 2.30. The number of hydrogen-bond acceptors (Lipinski definition) is 3. The summed E-state index contributed by atoms with van der Waals surface area (Å²) >= 11 is 0. The Bertz CT molecular complexity index is 481. The zero-order chi connectivity index (χ0) is 12.5. The Morgan fingerprint density at radius 1 is 1.41 bits per heavy atom. The lowest BCUT2D eigenvalue weighted by molar-refractivity contribution is 0.310. The van der Waals surface area contributed by atoms with Gasteiger partial charge in [-0.05, 0) is 18.8 Å². The van der Waals surface area contributed by atoms with E-state index in [2.05, 4.69) is 16.7 Å². The molecule has 5 nitrogen and oxygen atoms in total. The second-order valence-corrected chi connectivity index (χ2v) is 6.55. The highest BCUT2D eigenvalue weighted by atomic mass is 32.2. The van der Waals surface area contributed by atoms with Crippen molar-refractivity contribution in [3.05, 3.63) is 12.4 Å². The first-order valence-corrected chi connectivity index (χ1v) is 7.48. The average molecular weight is 257 g/mol. The van der Waals surface area contributed by atoms with Crippen LogP contribution in [0.25, 0.3) is 0 Å². The molecule has 2 atom stereocenters. The van der Waals surface area contributed by atoms with Crippen LogP contribution in [0.2, 0.25) is 0 Å². The van der Waals surface area contributed by atoms with Crippen LogP contribution >= 0.6 is 0 Å². The Labute approximate surface area is 102 Å². The van der Waals surface area contributed by atoms with E-state index in [0.717, 1.165) is 19.3 Å². The molecule has 1 aromatic heterocycles. The van der Waals surface area contributed by atoms with Gasteiger partial charge in [-0.25, -0.2) is 13.1 Å². The van der Waals surface area contributed by atoms with Crippen LogP contribution < -0.4 is 4.72 Å². The van der Waals surface area contributed by atoms with Crippen LogP contribution in [-0.2, 0) is 17.1 Å². The minimum Gasteiger partial charge on any atom is -0.274 e. The molecule has 17 heavy (non-hydrogen) atoms. The molecular weight excluding hydrogens is 238 g/mol. The normalized spacial score (nSPS) is 26.0. The van der Waals surface area contributed by atoms with E-state index < -0.39 is 10.0 Å². The molecule has 1 fully saturated rings. The van der Waals surface area contributed by atoms with Gasteiger partial charge in [0.15, 0.2) is 0 Å². The smallest absolute Gasteiger partial charge is 0.243 e. The molecule has 0 saturated heterocycles. The quantitative estimate of drug-likeness (QED) is 0.887. The highest BCUT2D eigenvalue weighted by molar-refractivity contribution is 7.89. The number of aryl methyl sites for hydroxylation is 1. The average Bonchev–Trinajstić information content (AvgIpc) is 2.69.